The lowest BCUT2D eigenvalue weighted by molar-refractivity contribution is -0.133. The van der Waals surface area contributed by atoms with E-state index in [1.165, 1.54) is 11.8 Å². The monoisotopic (exact) mass is 373 g/mol. The van der Waals surface area contributed by atoms with Gasteiger partial charge in [0.15, 0.2) is 0 Å². The van der Waals surface area contributed by atoms with Gasteiger partial charge < -0.3 is 15.0 Å². The normalized spacial score (nSPS) is 15.1. The zero-order chi connectivity index (χ0) is 17.5. The van der Waals surface area contributed by atoms with Crippen molar-refractivity contribution in [2.45, 2.75) is 6.92 Å². The van der Waals surface area contributed by atoms with E-state index >= 15 is 0 Å². The second-order valence-electron chi connectivity index (χ2n) is 5.57. The molecule has 0 saturated carbocycles. The van der Waals surface area contributed by atoms with E-state index in [0.717, 1.165) is 13.1 Å². The van der Waals surface area contributed by atoms with E-state index in [-0.39, 0.29) is 18.4 Å². The Morgan fingerprint density at radius 2 is 2.00 bits per heavy atom. The van der Waals surface area contributed by atoms with E-state index in [1.54, 1.807) is 18.2 Å². The third-order valence-electron chi connectivity index (χ3n) is 3.77. The molecule has 0 radical (unpaired) electrons. The summed E-state index contributed by atoms with van der Waals surface area (Å²) >= 11 is 11.9. The topological polar surface area (TPSA) is 61.9 Å². The predicted octanol–water partition coefficient (Wildman–Crippen LogP) is 2.11. The Balaban J connectivity index is 1.88. The van der Waals surface area contributed by atoms with Crippen LogP contribution in [0.4, 0.5) is 5.69 Å². The second-order valence-corrected chi connectivity index (χ2v) is 6.41. The van der Waals surface area contributed by atoms with Crippen molar-refractivity contribution in [3.63, 3.8) is 0 Å². The SMILES string of the molecule is CC(=O)N(CCN1CCOCC1)CC(=O)Nc1cc(Cl)ccc1Cl. The Kier molecular flexibility index (Phi) is 7.30. The van der Waals surface area contributed by atoms with Gasteiger partial charge in [-0.25, -0.2) is 0 Å². The van der Waals surface area contributed by atoms with E-state index in [2.05, 4.69) is 10.2 Å². The van der Waals surface area contributed by atoms with Crippen LogP contribution in [0, 0.1) is 0 Å². The van der Waals surface area contributed by atoms with Gasteiger partial charge in [-0.05, 0) is 18.2 Å². The van der Waals surface area contributed by atoms with Crippen LogP contribution in [0.1, 0.15) is 6.92 Å². The lowest BCUT2D eigenvalue weighted by atomic mass is 10.3. The number of nitrogens with one attached hydrogen (secondary N) is 1. The van der Waals surface area contributed by atoms with E-state index < -0.39 is 0 Å². The lowest BCUT2D eigenvalue weighted by Gasteiger charge is -2.29. The van der Waals surface area contributed by atoms with Gasteiger partial charge in [0.05, 0.1) is 30.5 Å². The first-order chi connectivity index (χ1) is 11.5. The molecule has 1 aliphatic heterocycles. The average Bonchev–Trinajstić information content (AvgIpc) is 2.55. The van der Waals surface area contributed by atoms with Crippen molar-refractivity contribution in [2.24, 2.45) is 0 Å². The molecular weight excluding hydrogens is 353 g/mol. The molecule has 0 unspecified atom stereocenters. The summed E-state index contributed by atoms with van der Waals surface area (Å²) in [5.41, 5.74) is 0.436. The molecular formula is C16H21Cl2N3O3. The van der Waals surface area contributed by atoms with Gasteiger partial charge >= 0.3 is 0 Å². The number of nitrogens with zero attached hydrogens (tertiary/aromatic N) is 2. The standard InChI is InChI=1S/C16H21Cl2N3O3/c1-12(22)21(5-4-20-6-8-24-9-7-20)11-16(23)19-15-10-13(17)2-3-14(15)18/h2-3,10H,4-9,11H2,1H3,(H,19,23). The van der Waals surface area contributed by atoms with Gasteiger partial charge in [-0.2, -0.15) is 0 Å². The fourth-order valence-corrected chi connectivity index (χ4v) is 2.73. The Bertz CT molecular complexity index is 592. The first-order valence-corrected chi connectivity index (χ1v) is 8.52. The van der Waals surface area contributed by atoms with Gasteiger partial charge in [-0.1, -0.05) is 23.2 Å². The highest BCUT2D eigenvalue weighted by molar-refractivity contribution is 6.35. The molecule has 2 amide bonds. The number of carbonyl (C=O) groups excluding carboxylic acids is 2. The fourth-order valence-electron chi connectivity index (χ4n) is 2.39. The minimum Gasteiger partial charge on any atom is -0.379 e. The molecule has 1 aromatic carbocycles. The number of halogens is 2. The van der Waals surface area contributed by atoms with Crippen LogP contribution in [0.15, 0.2) is 18.2 Å². The number of carbonyl (C=O) groups is 2. The lowest BCUT2D eigenvalue weighted by Crippen LogP contribution is -2.44. The van der Waals surface area contributed by atoms with Crippen molar-refractivity contribution in [3.8, 4) is 0 Å². The number of anilines is 1. The molecule has 1 fully saturated rings. The molecule has 1 heterocycles. The summed E-state index contributed by atoms with van der Waals surface area (Å²) in [7, 11) is 0. The molecule has 1 aromatic rings. The summed E-state index contributed by atoms with van der Waals surface area (Å²) in [6, 6.07) is 4.83. The summed E-state index contributed by atoms with van der Waals surface area (Å²) in [4.78, 5) is 27.7. The molecule has 0 aliphatic carbocycles. The summed E-state index contributed by atoms with van der Waals surface area (Å²) in [5, 5.41) is 3.57. The predicted molar refractivity (Wildman–Crippen MR) is 94.6 cm³/mol. The maximum Gasteiger partial charge on any atom is 0.244 e. The van der Waals surface area contributed by atoms with E-state index in [1.807, 2.05) is 0 Å². The minimum absolute atomic E-state index is 0.0253. The van der Waals surface area contributed by atoms with Crippen LogP contribution in [-0.2, 0) is 14.3 Å². The van der Waals surface area contributed by atoms with Crippen LogP contribution < -0.4 is 5.32 Å². The molecule has 24 heavy (non-hydrogen) atoms. The number of rotatable bonds is 6. The first-order valence-electron chi connectivity index (χ1n) is 7.76. The second kappa shape index (κ2) is 9.22. The fraction of sp³-hybridized carbons (Fsp3) is 0.500. The zero-order valence-corrected chi connectivity index (χ0v) is 15.1. The van der Waals surface area contributed by atoms with Crippen molar-refractivity contribution < 1.29 is 14.3 Å². The van der Waals surface area contributed by atoms with E-state index in [4.69, 9.17) is 27.9 Å². The maximum atomic E-state index is 12.2. The highest BCUT2D eigenvalue weighted by atomic mass is 35.5. The number of morpholine rings is 1. The molecule has 0 bridgehead atoms. The van der Waals surface area contributed by atoms with Gasteiger partial charge in [-0.15, -0.1) is 0 Å². The Labute approximate surface area is 151 Å². The molecule has 6 nitrogen and oxygen atoms in total. The van der Waals surface area contributed by atoms with Crippen molar-refractivity contribution in [1.82, 2.24) is 9.80 Å². The van der Waals surface area contributed by atoms with Gasteiger partial charge in [0.25, 0.3) is 0 Å². The number of hydrogen-bond donors (Lipinski definition) is 1. The highest BCUT2D eigenvalue weighted by Gasteiger charge is 2.17. The molecule has 8 heteroatoms. The minimum atomic E-state index is -0.309. The van der Waals surface area contributed by atoms with Crippen molar-refractivity contribution in [2.75, 3.05) is 51.3 Å². The van der Waals surface area contributed by atoms with Crippen LogP contribution in [0.2, 0.25) is 10.0 Å². The largest absolute Gasteiger partial charge is 0.379 e. The van der Waals surface area contributed by atoms with Crippen LogP contribution in [0.5, 0.6) is 0 Å². The third-order valence-corrected chi connectivity index (χ3v) is 4.34. The van der Waals surface area contributed by atoms with Gasteiger partial charge in [0.1, 0.15) is 0 Å². The van der Waals surface area contributed by atoms with Crippen molar-refractivity contribution >= 4 is 40.7 Å². The molecule has 0 spiro atoms. The average molecular weight is 374 g/mol. The molecule has 132 valence electrons. The molecule has 1 aliphatic rings. The van der Waals surface area contributed by atoms with Crippen LogP contribution in [-0.4, -0.2) is 67.6 Å². The molecule has 1 N–H and O–H groups in total. The van der Waals surface area contributed by atoms with Crippen LogP contribution in [0.25, 0.3) is 0 Å². The molecule has 2 rings (SSSR count). The zero-order valence-electron chi connectivity index (χ0n) is 13.6. The highest BCUT2D eigenvalue weighted by Crippen LogP contribution is 2.25. The van der Waals surface area contributed by atoms with Crippen LogP contribution >= 0.6 is 23.2 Å². The van der Waals surface area contributed by atoms with E-state index in [9.17, 15) is 9.59 Å². The van der Waals surface area contributed by atoms with Gasteiger partial charge in [0, 0.05) is 38.1 Å². The smallest absolute Gasteiger partial charge is 0.244 e. The summed E-state index contributed by atoms with van der Waals surface area (Å²) in [6.45, 7) is 5.73. The Morgan fingerprint density at radius 1 is 1.29 bits per heavy atom. The Hall–Kier alpha value is -1.34. The van der Waals surface area contributed by atoms with Crippen molar-refractivity contribution in [1.29, 1.82) is 0 Å². The third kappa shape index (κ3) is 5.94. The maximum absolute atomic E-state index is 12.2. The molecule has 0 atom stereocenters. The number of ether oxygens (including phenoxy) is 1. The van der Waals surface area contributed by atoms with Crippen LogP contribution in [0.3, 0.4) is 0 Å². The number of hydrogen-bond acceptors (Lipinski definition) is 4. The number of benzene rings is 1. The van der Waals surface area contributed by atoms with Crippen molar-refractivity contribution in [3.05, 3.63) is 28.2 Å². The Morgan fingerprint density at radius 3 is 2.67 bits per heavy atom. The quantitative estimate of drug-likeness (QED) is 0.829. The van der Waals surface area contributed by atoms with Gasteiger partial charge in [0.2, 0.25) is 11.8 Å². The summed E-state index contributed by atoms with van der Waals surface area (Å²) in [6.07, 6.45) is 0. The summed E-state index contributed by atoms with van der Waals surface area (Å²) < 4.78 is 5.30. The van der Waals surface area contributed by atoms with Gasteiger partial charge in [-0.3, -0.25) is 14.5 Å². The first kappa shape index (κ1) is 19.0. The molecule has 0 aromatic heterocycles. The summed E-state index contributed by atoms with van der Waals surface area (Å²) in [5.74, 6) is -0.452. The number of amides is 2. The molecule has 1 saturated heterocycles. The van der Waals surface area contributed by atoms with E-state index in [0.29, 0.717) is 42.0 Å².